The second-order valence-electron chi connectivity index (χ2n) is 9.87. The first-order valence-corrected chi connectivity index (χ1v) is 11.9. The summed E-state index contributed by atoms with van der Waals surface area (Å²) in [5.41, 5.74) is 7.83. The molecule has 1 saturated heterocycles. The number of nitrogen functional groups attached to an aromatic ring is 1. The molecule has 2 aliphatic carbocycles. The van der Waals surface area contributed by atoms with Crippen LogP contribution in [0.15, 0.2) is 24.0 Å². The zero-order chi connectivity index (χ0) is 23.8. The van der Waals surface area contributed by atoms with E-state index in [1.165, 1.54) is 24.4 Å². The van der Waals surface area contributed by atoms with Crippen molar-refractivity contribution in [3.05, 3.63) is 29.6 Å². The molecular weight excluding hydrogens is 428 g/mol. The van der Waals surface area contributed by atoms with Crippen molar-refractivity contribution >= 4 is 11.5 Å². The van der Waals surface area contributed by atoms with Crippen LogP contribution in [0.25, 0.3) is 0 Å². The fourth-order valence-corrected chi connectivity index (χ4v) is 5.90. The predicted molar refractivity (Wildman–Crippen MR) is 122 cm³/mol. The van der Waals surface area contributed by atoms with Crippen molar-refractivity contribution in [1.29, 1.82) is 5.41 Å². The molecule has 0 aromatic carbocycles. The van der Waals surface area contributed by atoms with Crippen molar-refractivity contribution in [2.24, 2.45) is 23.2 Å². The Labute approximate surface area is 194 Å². The van der Waals surface area contributed by atoms with Crippen molar-refractivity contribution in [2.75, 3.05) is 38.6 Å². The number of aromatic nitrogens is 1. The molecule has 1 aliphatic heterocycles. The van der Waals surface area contributed by atoms with Gasteiger partial charge < -0.3 is 20.5 Å². The average molecular weight is 465 g/mol. The first-order chi connectivity index (χ1) is 15.8. The Morgan fingerprint density at radius 1 is 1.42 bits per heavy atom. The highest BCUT2D eigenvalue weighted by molar-refractivity contribution is 6.07. The maximum Gasteiger partial charge on any atom is 0.387 e. The van der Waals surface area contributed by atoms with E-state index in [1.807, 2.05) is 6.08 Å². The molecule has 4 atom stereocenters. The van der Waals surface area contributed by atoms with Crippen LogP contribution in [-0.2, 0) is 4.74 Å². The number of nitrogens with one attached hydrogen (secondary N) is 1. The molecule has 4 unspecified atom stereocenters. The highest BCUT2D eigenvalue weighted by Crippen LogP contribution is 2.80. The van der Waals surface area contributed by atoms with E-state index in [9.17, 15) is 8.78 Å². The van der Waals surface area contributed by atoms with Gasteiger partial charge in [0.05, 0.1) is 25.0 Å². The molecule has 1 spiro atoms. The average Bonchev–Trinajstić information content (AvgIpc) is 3.64. The van der Waals surface area contributed by atoms with Crippen molar-refractivity contribution in [3.8, 4) is 5.75 Å². The van der Waals surface area contributed by atoms with Gasteiger partial charge in [-0.3, -0.25) is 10.3 Å². The second kappa shape index (κ2) is 9.64. The van der Waals surface area contributed by atoms with Gasteiger partial charge in [0.2, 0.25) is 0 Å². The SMILES string of the molecule is CCC1C(C(=CC(=N)c2cnc(N)c(OC(F)F)c2)[NH2+]C(C)C)C12CC2CN1CCOCC1. The first kappa shape index (κ1) is 24.0. The molecule has 33 heavy (non-hydrogen) atoms. The highest BCUT2D eigenvalue weighted by atomic mass is 19.3. The summed E-state index contributed by atoms with van der Waals surface area (Å²) in [5, 5.41) is 10.9. The van der Waals surface area contributed by atoms with Gasteiger partial charge in [-0.1, -0.05) is 13.3 Å². The molecule has 3 aliphatic rings. The minimum absolute atomic E-state index is 0.110. The van der Waals surface area contributed by atoms with Crippen LogP contribution in [-0.4, -0.2) is 61.1 Å². The highest BCUT2D eigenvalue weighted by Gasteiger charge is 2.78. The lowest BCUT2D eigenvalue weighted by molar-refractivity contribution is -0.640. The Balaban J connectivity index is 1.53. The van der Waals surface area contributed by atoms with Gasteiger partial charge in [0.25, 0.3) is 0 Å². The summed E-state index contributed by atoms with van der Waals surface area (Å²) < 4.78 is 35.4. The van der Waals surface area contributed by atoms with Crippen molar-refractivity contribution < 1.29 is 23.6 Å². The lowest BCUT2D eigenvalue weighted by Crippen LogP contribution is -2.87. The van der Waals surface area contributed by atoms with Crippen LogP contribution in [0.1, 0.15) is 39.2 Å². The molecule has 2 saturated carbocycles. The number of allylic oxidation sites excluding steroid dienone is 2. The number of quaternary nitrogens is 1. The van der Waals surface area contributed by atoms with Gasteiger partial charge in [-0.25, -0.2) is 4.98 Å². The number of alkyl halides is 2. The summed E-state index contributed by atoms with van der Waals surface area (Å²) in [6, 6.07) is 1.72. The van der Waals surface area contributed by atoms with Gasteiger partial charge in [0.15, 0.2) is 11.6 Å². The van der Waals surface area contributed by atoms with Crippen LogP contribution >= 0.6 is 0 Å². The molecule has 9 heteroatoms. The molecule has 1 aromatic heterocycles. The summed E-state index contributed by atoms with van der Waals surface area (Å²) in [6.07, 6.45) is 5.69. The van der Waals surface area contributed by atoms with Gasteiger partial charge >= 0.3 is 6.61 Å². The van der Waals surface area contributed by atoms with E-state index in [-0.39, 0.29) is 17.3 Å². The molecule has 3 fully saturated rings. The fourth-order valence-electron chi connectivity index (χ4n) is 5.90. The smallest absolute Gasteiger partial charge is 0.387 e. The van der Waals surface area contributed by atoms with Crippen LogP contribution < -0.4 is 15.8 Å². The minimum atomic E-state index is -2.99. The van der Waals surface area contributed by atoms with Crippen LogP contribution in [0.3, 0.4) is 0 Å². The lowest BCUT2D eigenvalue weighted by atomic mass is 10.1. The van der Waals surface area contributed by atoms with E-state index in [0.29, 0.717) is 34.8 Å². The third kappa shape index (κ3) is 5.05. The van der Waals surface area contributed by atoms with Gasteiger partial charge in [-0.05, 0) is 43.6 Å². The number of anilines is 1. The van der Waals surface area contributed by atoms with E-state index >= 15 is 0 Å². The Kier molecular flexibility index (Phi) is 7.02. The Hall–Kier alpha value is -2.10. The van der Waals surface area contributed by atoms with E-state index in [4.69, 9.17) is 15.9 Å². The third-order valence-electron chi connectivity index (χ3n) is 7.39. The van der Waals surface area contributed by atoms with Crippen molar-refractivity contribution in [3.63, 3.8) is 0 Å². The van der Waals surface area contributed by atoms with Gasteiger partial charge in [-0.2, -0.15) is 8.78 Å². The van der Waals surface area contributed by atoms with Crippen LogP contribution in [0, 0.1) is 28.6 Å². The molecule has 0 amide bonds. The normalized spacial score (nSPS) is 29.7. The molecule has 0 bridgehead atoms. The number of hydrogen-bond donors (Lipinski definition) is 3. The Morgan fingerprint density at radius 2 is 2.15 bits per heavy atom. The lowest BCUT2D eigenvalue weighted by Gasteiger charge is -2.26. The third-order valence-corrected chi connectivity index (χ3v) is 7.39. The number of halogens is 2. The summed E-state index contributed by atoms with van der Waals surface area (Å²) in [6.45, 7) is 8.32. The summed E-state index contributed by atoms with van der Waals surface area (Å²) in [7, 11) is 0. The van der Waals surface area contributed by atoms with Gasteiger partial charge in [-0.15, -0.1) is 0 Å². The van der Waals surface area contributed by atoms with Crippen LogP contribution in [0.4, 0.5) is 14.6 Å². The van der Waals surface area contributed by atoms with Gasteiger partial charge in [0.1, 0.15) is 5.70 Å². The minimum Gasteiger partial charge on any atom is -0.431 e. The molecule has 2 heterocycles. The first-order valence-electron chi connectivity index (χ1n) is 11.9. The number of morpholine rings is 1. The largest absolute Gasteiger partial charge is 0.431 e. The summed E-state index contributed by atoms with van der Waals surface area (Å²) in [4.78, 5) is 6.48. The molecule has 7 nitrogen and oxygen atoms in total. The quantitative estimate of drug-likeness (QED) is 0.462. The fraction of sp³-hybridized carbons (Fsp3) is 0.667. The monoisotopic (exact) mass is 464 g/mol. The van der Waals surface area contributed by atoms with Crippen LogP contribution in [0.5, 0.6) is 5.75 Å². The number of ether oxygens (including phenoxy) is 2. The Bertz CT molecular complexity index is 903. The summed E-state index contributed by atoms with van der Waals surface area (Å²) in [5.74, 6) is 1.45. The maximum absolute atomic E-state index is 12.7. The molecule has 0 radical (unpaired) electrons. The van der Waals surface area contributed by atoms with Crippen molar-refractivity contribution in [2.45, 2.75) is 46.3 Å². The summed E-state index contributed by atoms with van der Waals surface area (Å²) >= 11 is 0. The molecule has 1 aromatic rings. The van der Waals surface area contributed by atoms with Crippen molar-refractivity contribution in [1.82, 2.24) is 9.88 Å². The standard InChI is InChI=1S/C24H35F2N5O2/c1-4-17-21(24(17)11-16(24)13-31-5-7-32-8-6-31)19(30-14(2)3)10-18(27)15-9-20(33-23(25)26)22(28)29-12-15/h9-10,12,14,16-17,21,23,27,30H,4-8,11,13H2,1-3H3,(H2,28,29)/p+1. The number of pyridine rings is 1. The van der Waals surface area contributed by atoms with E-state index in [1.54, 1.807) is 0 Å². The Morgan fingerprint density at radius 3 is 2.79 bits per heavy atom. The van der Waals surface area contributed by atoms with E-state index < -0.39 is 6.61 Å². The molecule has 4 rings (SSSR count). The number of nitrogens with two attached hydrogens (primary N) is 2. The zero-order valence-corrected chi connectivity index (χ0v) is 19.7. The number of rotatable bonds is 10. The molecular formula is C24H36F2N5O2+. The topological polar surface area (TPSA) is 101 Å². The maximum atomic E-state index is 12.7. The van der Waals surface area contributed by atoms with Gasteiger partial charge in [0, 0.05) is 43.4 Å². The molecule has 182 valence electrons. The van der Waals surface area contributed by atoms with Crippen LogP contribution in [0.2, 0.25) is 0 Å². The second-order valence-corrected chi connectivity index (χ2v) is 9.87. The van der Waals surface area contributed by atoms with E-state index in [2.05, 4.69) is 40.7 Å². The van der Waals surface area contributed by atoms with E-state index in [0.717, 1.165) is 39.3 Å². The number of hydrogen-bond acceptors (Lipinski definition) is 6. The predicted octanol–water partition coefficient (Wildman–Crippen LogP) is 2.48. The molecule has 5 N–H and O–H groups in total. The zero-order valence-electron chi connectivity index (χ0n) is 19.7. The number of nitrogens with zero attached hydrogens (tertiary/aromatic N) is 2.